The molecule has 2 heterocycles. The first-order valence-corrected chi connectivity index (χ1v) is 19.0. The standard InChI is InChI=1S/C48H55BN2/c1-29-24-39-44-40(25-29)51(35-21-16-32(17-22-35)46(5,6)7)41-27-30-26-36(42(30)48(11,12)13)43(41)49(44)37-28-33(47(8,9)10)18-23-38(37)50(39)34-19-14-31(15-20-34)45(2,3)4/h14-25,27-28H,26H2,1-13H3. The third-order valence-electron chi connectivity index (χ3n) is 11.7. The van der Waals surface area contributed by atoms with Crippen molar-refractivity contribution in [2.75, 3.05) is 9.80 Å². The monoisotopic (exact) mass is 670 g/mol. The number of aryl methyl sites for hydroxylation is 1. The van der Waals surface area contributed by atoms with Crippen molar-refractivity contribution in [2.24, 2.45) is 0 Å². The Balaban J connectivity index is 1.46. The van der Waals surface area contributed by atoms with Crippen LogP contribution in [0.2, 0.25) is 0 Å². The lowest BCUT2D eigenvalue weighted by molar-refractivity contribution is 0.564. The molecule has 51 heavy (non-hydrogen) atoms. The molecule has 5 aromatic carbocycles. The number of hydrogen-bond donors (Lipinski definition) is 0. The SMILES string of the molecule is Cc1cc2c3c(c1)N(c1ccc(C(C)(C)C)cc1)c1cc4c(C(C)(C)C)c(c1B3c1cc(C(C)(C)C)ccc1N2c1ccc(C(C)(C)C)cc1)C4. The molecule has 0 spiro atoms. The molecule has 0 saturated carbocycles. The van der Waals surface area contributed by atoms with Crippen molar-refractivity contribution < 1.29 is 0 Å². The van der Waals surface area contributed by atoms with Gasteiger partial charge in [-0.05, 0) is 139 Å². The summed E-state index contributed by atoms with van der Waals surface area (Å²) in [6.45, 7) is 30.4. The van der Waals surface area contributed by atoms with Crippen LogP contribution in [0, 0.1) is 6.92 Å². The van der Waals surface area contributed by atoms with Crippen molar-refractivity contribution in [2.45, 2.75) is 118 Å². The predicted octanol–water partition coefficient (Wildman–Crippen LogP) is 11.2. The Morgan fingerprint density at radius 1 is 0.471 bits per heavy atom. The van der Waals surface area contributed by atoms with Crippen LogP contribution in [0.5, 0.6) is 0 Å². The number of benzene rings is 5. The smallest absolute Gasteiger partial charge is 0.252 e. The minimum Gasteiger partial charge on any atom is -0.311 e. The molecule has 2 bridgehead atoms. The second-order valence-corrected chi connectivity index (χ2v) is 19.7. The van der Waals surface area contributed by atoms with E-state index in [0.29, 0.717) is 0 Å². The molecule has 0 unspecified atom stereocenters. The molecule has 2 aliphatic carbocycles. The Bertz CT molecular complexity index is 2190. The van der Waals surface area contributed by atoms with Gasteiger partial charge < -0.3 is 9.80 Å². The molecule has 2 aliphatic heterocycles. The molecule has 260 valence electrons. The van der Waals surface area contributed by atoms with Gasteiger partial charge in [-0.25, -0.2) is 0 Å². The van der Waals surface area contributed by atoms with Crippen molar-refractivity contribution in [3.8, 4) is 0 Å². The zero-order valence-electron chi connectivity index (χ0n) is 33.3. The van der Waals surface area contributed by atoms with Crippen LogP contribution in [0.4, 0.5) is 34.1 Å². The normalized spacial score (nSPS) is 15.0. The number of fused-ring (bicyclic) bond motifs is 2. The highest BCUT2D eigenvalue weighted by molar-refractivity contribution is 7.00. The molecule has 9 rings (SSSR count). The Kier molecular flexibility index (Phi) is 7.24. The van der Waals surface area contributed by atoms with Gasteiger partial charge in [-0.1, -0.05) is 119 Å². The average Bonchev–Trinajstić information content (AvgIpc) is 3.02. The quantitative estimate of drug-likeness (QED) is 0.169. The van der Waals surface area contributed by atoms with E-state index in [4.69, 9.17) is 0 Å². The van der Waals surface area contributed by atoms with Gasteiger partial charge in [0.05, 0.1) is 0 Å². The van der Waals surface area contributed by atoms with Gasteiger partial charge in [0.2, 0.25) is 0 Å². The summed E-state index contributed by atoms with van der Waals surface area (Å²) in [6.07, 6.45) is 1.06. The van der Waals surface area contributed by atoms with Crippen molar-refractivity contribution in [1.29, 1.82) is 0 Å². The molecule has 2 nitrogen and oxygen atoms in total. The Morgan fingerprint density at radius 3 is 1.39 bits per heavy atom. The lowest BCUT2D eigenvalue weighted by Gasteiger charge is -2.48. The molecule has 0 atom stereocenters. The maximum Gasteiger partial charge on any atom is 0.252 e. The fourth-order valence-corrected chi connectivity index (χ4v) is 9.02. The second kappa shape index (κ2) is 10.9. The zero-order valence-corrected chi connectivity index (χ0v) is 33.3. The van der Waals surface area contributed by atoms with E-state index in [-0.39, 0.29) is 28.4 Å². The van der Waals surface area contributed by atoms with Crippen molar-refractivity contribution in [3.63, 3.8) is 0 Å². The lowest BCUT2D eigenvalue weighted by Crippen LogP contribution is -2.63. The average molecular weight is 671 g/mol. The molecule has 4 aliphatic rings. The Hall–Kier alpha value is -4.24. The molecule has 0 radical (unpaired) electrons. The minimum atomic E-state index is 0.0310. The maximum absolute atomic E-state index is 2.60. The third kappa shape index (κ3) is 5.29. The number of rotatable bonds is 2. The molecular formula is C48H55BN2. The van der Waals surface area contributed by atoms with E-state index in [2.05, 4.69) is 185 Å². The van der Waals surface area contributed by atoms with Gasteiger partial charge >= 0.3 is 0 Å². The summed E-state index contributed by atoms with van der Waals surface area (Å²) in [5.41, 5.74) is 22.3. The first-order valence-electron chi connectivity index (χ1n) is 19.0. The molecule has 0 saturated heterocycles. The van der Waals surface area contributed by atoms with Crippen LogP contribution in [-0.4, -0.2) is 6.71 Å². The van der Waals surface area contributed by atoms with Crippen LogP contribution in [0.15, 0.2) is 84.9 Å². The van der Waals surface area contributed by atoms with Crippen molar-refractivity contribution in [1.82, 2.24) is 0 Å². The summed E-state index contributed by atoms with van der Waals surface area (Å²) in [5, 5.41) is 0. The van der Waals surface area contributed by atoms with Crippen LogP contribution >= 0.6 is 0 Å². The van der Waals surface area contributed by atoms with E-state index in [1.54, 1.807) is 11.1 Å². The van der Waals surface area contributed by atoms with Crippen molar-refractivity contribution >= 4 is 57.2 Å². The van der Waals surface area contributed by atoms with Gasteiger partial charge in [0, 0.05) is 34.1 Å². The van der Waals surface area contributed by atoms with Gasteiger partial charge in [0.15, 0.2) is 0 Å². The van der Waals surface area contributed by atoms with Gasteiger partial charge in [0.25, 0.3) is 6.71 Å². The van der Waals surface area contributed by atoms with Gasteiger partial charge in [0.1, 0.15) is 0 Å². The summed E-state index contributed by atoms with van der Waals surface area (Å²) >= 11 is 0. The van der Waals surface area contributed by atoms with Crippen LogP contribution in [-0.2, 0) is 28.1 Å². The van der Waals surface area contributed by atoms with E-state index in [1.165, 1.54) is 78.3 Å². The van der Waals surface area contributed by atoms with E-state index in [9.17, 15) is 0 Å². The minimum absolute atomic E-state index is 0.0310. The summed E-state index contributed by atoms with van der Waals surface area (Å²) in [4.78, 5) is 5.16. The fourth-order valence-electron chi connectivity index (χ4n) is 9.02. The molecular weight excluding hydrogens is 615 g/mol. The van der Waals surface area contributed by atoms with Gasteiger partial charge in [-0.15, -0.1) is 0 Å². The summed E-state index contributed by atoms with van der Waals surface area (Å²) < 4.78 is 0. The first-order chi connectivity index (χ1) is 23.7. The Morgan fingerprint density at radius 2 is 0.922 bits per heavy atom. The van der Waals surface area contributed by atoms with Gasteiger partial charge in [-0.3, -0.25) is 0 Å². The van der Waals surface area contributed by atoms with Crippen LogP contribution in [0.25, 0.3) is 0 Å². The lowest BCUT2D eigenvalue weighted by atomic mass is 9.31. The first kappa shape index (κ1) is 33.9. The Labute approximate surface area is 308 Å². The summed E-state index contributed by atoms with van der Waals surface area (Å²) in [6, 6.07) is 33.5. The van der Waals surface area contributed by atoms with Crippen LogP contribution in [0.1, 0.15) is 122 Å². The number of anilines is 6. The van der Waals surface area contributed by atoms with E-state index in [0.717, 1.165) is 6.42 Å². The highest BCUT2D eigenvalue weighted by Crippen LogP contribution is 2.49. The second-order valence-electron chi connectivity index (χ2n) is 19.7. The predicted molar refractivity (Wildman–Crippen MR) is 223 cm³/mol. The molecule has 0 amide bonds. The largest absolute Gasteiger partial charge is 0.311 e. The number of nitrogens with zero attached hydrogens (tertiary/aromatic N) is 2. The maximum atomic E-state index is 2.60. The van der Waals surface area contributed by atoms with Crippen LogP contribution in [0.3, 0.4) is 0 Å². The highest BCUT2D eigenvalue weighted by Gasteiger charge is 2.48. The molecule has 5 aromatic rings. The number of hydrogen-bond acceptors (Lipinski definition) is 2. The van der Waals surface area contributed by atoms with Crippen LogP contribution < -0.4 is 26.2 Å². The zero-order chi connectivity index (χ0) is 36.6. The molecule has 3 heteroatoms. The van der Waals surface area contributed by atoms with E-state index < -0.39 is 0 Å². The third-order valence-corrected chi connectivity index (χ3v) is 11.7. The summed E-state index contributed by atoms with van der Waals surface area (Å²) in [7, 11) is 0. The molecule has 0 aromatic heterocycles. The van der Waals surface area contributed by atoms with E-state index in [1.807, 2.05) is 0 Å². The fraction of sp³-hybridized carbons (Fsp3) is 0.375. The molecule has 0 N–H and O–H groups in total. The molecule has 0 fully saturated rings. The van der Waals surface area contributed by atoms with Gasteiger partial charge in [-0.2, -0.15) is 0 Å². The topological polar surface area (TPSA) is 6.48 Å². The van der Waals surface area contributed by atoms with E-state index >= 15 is 0 Å². The summed E-state index contributed by atoms with van der Waals surface area (Å²) in [5.74, 6) is 0. The van der Waals surface area contributed by atoms with Crippen molar-refractivity contribution in [3.05, 3.63) is 124 Å². The highest BCUT2D eigenvalue weighted by atomic mass is 15.2.